The Balaban J connectivity index is 2.69. The molecule has 1 fully saturated rings. The number of hydrogen-bond donors (Lipinski definition) is 1. The Hall–Kier alpha value is -0.790. The number of hydrogen-bond acceptors (Lipinski definition) is 1. The van der Waals surface area contributed by atoms with Gasteiger partial charge in [-0.25, -0.2) is 0 Å². The van der Waals surface area contributed by atoms with Crippen molar-refractivity contribution in [2.24, 2.45) is 17.8 Å². The predicted molar refractivity (Wildman–Crippen MR) is 63.5 cm³/mol. The molecule has 0 bridgehead atoms. The van der Waals surface area contributed by atoms with Crippen LogP contribution in [0, 0.1) is 17.8 Å². The molecule has 0 spiro atoms. The second kappa shape index (κ2) is 5.34. The summed E-state index contributed by atoms with van der Waals surface area (Å²) in [4.78, 5) is 11.9. The van der Waals surface area contributed by atoms with Gasteiger partial charge in [0.1, 0.15) is 0 Å². The fourth-order valence-corrected chi connectivity index (χ4v) is 2.57. The molecule has 0 aromatic carbocycles. The van der Waals surface area contributed by atoms with Gasteiger partial charge in [0.2, 0.25) is 5.91 Å². The van der Waals surface area contributed by atoms with Crippen LogP contribution in [0.4, 0.5) is 0 Å². The van der Waals surface area contributed by atoms with Crippen LogP contribution in [0.3, 0.4) is 0 Å². The van der Waals surface area contributed by atoms with E-state index in [1.54, 1.807) is 0 Å². The smallest absolute Gasteiger partial charge is 0.223 e. The van der Waals surface area contributed by atoms with E-state index in [2.05, 4.69) is 18.8 Å². The highest BCUT2D eigenvalue weighted by Gasteiger charge is 2.33. The summed E-state index contributed by atoms with van der Waals surface area (Å²) in [6.45, 7) is 11.0. The molecule has 3 unspecified atom stereocenters. The first-order chi connectivity index (χ1) is 7.06. The molecular weight excluding hydrogens is 186 g/mol. The lowest BCUT2D eigenvalue weighted by Crippen LogP contribution is -2.38. The van der Waals surface area contributed by atoms with Crippen LogP contribution in [0.15, 0.2) is 12.2 Å². The van der Waals surface area contributed by atoms with Crippen molar-refractivity contribution in [2.45, 2.75) is 40.0 Å². The molecule has 0 saturated heterocycles. The van der Waals surface area contributed by atoms with Gasteiger partial charge in [-0.15, -0.1) is 0 Å². The third-order valence-corrected chi connectivity index (χ3v) is 3.43. The average Bonchev–Trinajstić information content (AvgIpc) is 2.17. The van der Waals surface area contributed by atoms with E-state index in [9.17, 15) is 4.79 Å². The van der Waals surface area contributed by atoms with E-state index in [4.69, 9.17) is 0 Å². The van der Waals surface area contributed by atoms with Crippen LogP contribution in [-0.2, 0) is 4.79 Å². The molecule has 15 heavy (non-hydrogen) atoms. The maximum Gasteiger partial charge on any atom is 0.223 e. The summed E-state index contributed by atoms with van der Waals surface area (Å²) in [5.74, 6) is 1.45. The molecule has 0 heterocycles. The van der Waals surface area contributed by atoms with E-state index >= 15 is 0 Å². The van der Waals surface area contributed by atoms with Crippen LogP contribution in [0.25, 0.3) is 0 Å². The number of nitrogens with one attached hydrogen (secondary N) is 1. The number of allylic oxidation sites excluding steroid dienone is 1. The number of carbonyl (C=O) groups is 1. The topological polar surface area (TPSA) is 29.1 Å². The highest BCUT2D eigenvalue weighted by molar-refractivity contribution is 5.79. The summed E-state index contributed by atoms with van der Waals surface area (Å²) in [6, 6.07) is 0. The maximum atomic E-state index is 11.9. The summed E-state index contributed by atoms with van der Waals surface area (Å²) >= 11 is 0. The molecule has 1 N–H and O–H groups in total. The third-order valence-electron chi connectivity index (χ3n) is 3.43. The summed E-state index contributed by atoms with van der Waals surface area (Å²) in [6.07, 6.45) is 3.37. The first-order valence-electron chi connectivity index (χ1n) is 5.99. The Morgan fingerprint density at radius 3 is 2.60 bits per heavy atom. The summed E-state index contributed by atoms with van der Waals surface area (Å²) in [7, 11) is 0. The number of carbonyl (C=O) groups excluding carboxylic acids is 1. The highest BCUT2D eigenvalue weighted by atomic mass is 16.1. The summed E-state index contributed by atoms with van der Waals surface area (Å²) < 4.78 is 0. The quantitative estimate of drug-likeness (QED) is 0.711. The number of rotatable bonds is 3. The minimum absolute atomic E-state index is 0.159. The largest absolute Gasteiger partial charge is 0.356 e. The van der Waals surface area contributed by atoms with Gasteiger partial charge in [-0.2, -0.15) is 0 Å². The Morgan fingerprint density at radius 2 is 2.07 bits per heavy atom. The van der Waals surface area contributed by atoms with Gasteiger partial charge in [0, 0.05) is 12.5 Å². The van der Waals surface area contributed by atoms with E-state index in [0.717, 1.165) is 25.0 Å². The molecular formula is C13H23NO. The third kappa shape index (κ3) is 3.08. The minimum Gasteiger partial charge on any atom is -0.356 e. The van der Waals surface area contributed by atoms with E-state index in [1.165, 1.54) is 6.42 Å². The molecule has 3 atom stereocenters. The lowest BCUT2D eigenvalue weighted by molar-refractivity contribution is -0.127. The standard InChI is InChI=1S/C13H23NO/c1-5-14-13(15)12-8-10(4)6-7-11(12)9(2)3/h10-12H,2,5-8H2,1,3-4H3,(H,14,15). The lowest BCUT2D eigenvalue weighted by atomic mass is 9.71. The van der Waals surface area contributed by atoms with Gasteiger partial charge in [-0.3, -0.25) is 4.79 Å². The molecule has 1 amide bonds. The lowest BCUT2D eigenvalue weighted by Gasteiger charge is -2.34. The molecule has 1 rings (SSSR count). The van der Waals surface area contributed by atoms with Crippen LogP contribution in [0.5, 0.6) is 0 Å². The summed E-state index contributed by atoms with van der Waals surface area (Å²) in [5.41, 5.74) is 1.16. The van der Waals surface area contributed by atoms with Gasteiger partial charge in [0.25, 0.3) is 0 Å². The molecule has 1 aliphatic carbocycles. The van der Waals surface area contributed by atoms with Crippen molar-refractivity contribution < 1.29 is 4.79 Å². The molecule has 1 saturated carbocycles. The second-order valence-electron chi connectivity index (χ2n) is 4.87. The van der Waals surface area contributed by atoms with Crippen LogP contribution in [-0.4, -0.2) is 12.5 Å². The first-order valence-corrected chi connectivity index (χ1v) is 5.99. The Bertz CT molecular complexity index is 247. The van der Waals surface area contributed by atoms with Crippen molar-refractivity contribution in [2.75, 3.05) is 6.54 Å². The monoisotopic (exact) mass is 209 g/mol. The van der Waals surface area contributed by atoms with Crippen molar-refractivity contribution in [3.63, 3.8) is 0 Å². The Morgan fingerprint density at radius 1 is 1.40 bits per heavy atom. The molecule has 1 aliphatic rings. The van der Waals surface area contributed by atoms with Crippen molar-refractivity contribution in [1.29, 1.82) is 0 Å². The molecule has 2 heteroatoms. The maximum absolute atomic E-state index is 11.9. The SMILES string of the molecule is C=C(C)C1CCC(C)CC1C(=O)NCC. The van der Waals surface area contributed by atoms with E-state index in [1.807, 2.05) is 13.8 Å². The molecule has 2 nitrogen and oxygen atoms in total. The fourth-order valence-electron chi connectivity index (χ4n) is 2.57. The zero-order valence-corrected chi connectivity index (χ0v) is 10.2. The van der Waals surface area contributed by atoms with Gasteiger partial charge in [0.05, 0.1) is 0 Å². The van der Waals surface area contributed by atoms with Gasteiger partial charge < -0.3 is 5.32 Å². The van der Waals surface area contributed by atoms with Crippen LogP contribution in [0.1, 0.15) is 40.0 Å². The van der Waals surface area contributed by atoms with Gasteiger partial charge in [0.15, 0.2) is 0 Å². The van der Waals surface area contributed by atoms with E-state index in [-0.39, 0.29) is 11.8 Å². The first kappa shape index (κ1) is 12.3. The normalized spacial score (nSPS) is 31.0. The Labute approximate surface area is 93.1 Å². The van der Waals surface area contributed by atoms with Crippen LogP contribution < -0.4 is 5.32 Å². The van der Waals surface area contributed by atoms with Gasteiger partial charge in [-0.05, 0) is 38.5 Å². The molecule has 0 aliphatic heterocycles. The zero-order valence-electron chi connectivity index (χ0n) is 10.2. The van der Waals surface area contributed by atoms with Crippen LogP contribution in [0.2, 0.25) is 0 Å². The van der Waals surface area contributed by atoms with E-state index < -0.39 is 0 Å². The average molecular weight is 209 g/mol. The Kier molecular flexibility index (Phi) is 4.37. The summed E-state index contributed by atoms with van der Waals surface area (Å²) in [5, 5.41) is 2.94. The second-order valence-corrected chi connectivity index (χ2v) is 4.87. The van der Waals surface area contributed by atoms with Crippen molar-refractivity contribution in [1.82, 2.24) is 5.32 Å². The van der Waals surface area contributed by atoms with Crippen LogP contribution >= 0.6 is 0 Å². The number of amides is 1. The van der Waals surface area contributed by atoms with Gasteiger partial charge in [-0.1, -0.05) is 25.5 Å². The predicted octanol–water partition coefficient (Wildman–Crippen LogP) is 2.75. The molecule has 0 radical (unpaired) electrons. The molecule has 86 valence electrons. The molecule has 0 aromatic rings. The van der Waals surface area contributed by atoms with Crippen molar-refractivity contribution in [3.05, 3.63) is 12.2 Å². The van der Waals surface area contributed by atoms with Gasteiger partial charge >= 0.3 is 0 Å². The fraction of sp³-hybridized carbons (Fsp3) is 0.769. The zero-order chi connectivity index (χ0) is 11.4. The van der Waals surface area contributed by atoms with Crippen molar-refractivity contribution >= 4 is 5.91 Å². The minimum atomic E-state index is 0.159. The van der Waals surface area contributed by atoms with Crippen molar-refractivity contribution in [3.8, 4) is 0 Å². The highest BCUT2D eigenvalue weighted by Crippen LogP contribution is 2.37. The van der Waals surface area contributed by atoms with E-state index in [0.29, 0.717) is 11.8 Å². The molecule has 0 aromatic heterocycles.